The summed E-state index contributed by atoms with van der Waals surface area (Å²) in [5.41, 5.74) is -0.0593. The highest BCUT2D eigenvalue weighted by atomic mass is 35.5. The molecule has 0 saturated heterocycles. The summed E-state index contributed by atoms with van der Waals surface area (Å²) in [4.78, 5) is 15.3. The molecule has 7 heteroatoms. The summed E-state index contributed by atoms with van der Waals surface area (Å²) >= 11 is 10.3. The fourth-order valence-electron chi connectivity index (χ4n) is 1.42. The van der Waals surface area contributed by atoms with Gasteiger partial charge in [-0.2, -0.15) is 4.99 Å². The molecule has 0 bridgehead atoms. The molecule has 1 aromatic rings. The molecule has 0 aliphatic carbocycles. The minimum atomic E-state index is -0.867. The van der Waals surface area contributed by atoms with Crippen molar-refractivity contribution in [2.24, 2.45) is 4.99 Å². The molecule has 0 fully saturated rings. The number of aliphatic imine (C=N–C) groups is 1. The Labute approximate surface area is 132 Å². The predicted octanol–water partition coefficient (Wildman–Crippen LogP) is 4.32. The molecule has 0 aliphatic rings. The average Bonchev–Trinajstić information content (AvgIpc) is 2.44. The van der Waals surface area contributed by atoms with E-state index in [4.69, 9.17) is 21.1 Å². The van der Waals surface area contributed by atoms with E-state index < -0.39 is 17.9 Å². The molecule has 0 amide bonds. The van der Waals surface area contributed by atoms with Crippen molar-refractivity contribution in [2.75, 3.05) is 6.61 Å². The number of thiocarbonyl (C=S) groups is 1. The Morgan fingerprint density at radius 2 is 2.29 bits per heavy atom. The van der Waals surface area contributed by atoms with E-state index in [2.05, 4.69) is 22.4 Å². The topological polar surface area (TPSA) is 47.9 Å². The zero-order valence-electron chi connectivity index (χ0n) is 11.7. The quantitative estimate of drug-likeness (QED) is 0.323. The van der Waals surface area contributed by atoms with Gasteiger partial charge >= 0.3 is 5.97 Å². The van der Waals surface area contributed by atoms with Gasteiger partial charge in [0, 0.05) is 6.07 Å². The van der Waals surface area contributed by atoms with Crippen molar-refractivity contribution in [3.8, 4) is 5.75 Å². The van der Waals surface area contributed by atoms with Crippen molar-refractivity contribution in [3.05, 3.63) is 23.0 Å². The second kappa shape index (κ2) is 8.72. The van der Waals surface area contributed by atoms with E-state index in [1.165, 1.54) is 13.0 Å². The molecule has 0 radical (unpaired) electrons. The number of isothiocyanates is 1. The van der Waals surface area contributed by atoms with Crippen molar-refractivity contribution in [1.82, 2.24) is 0 Å². The first-order valence-electron chi connectivity index (χ1n) is 6.39. The fraction of sp³-hybridized carbons (Fsp3) is 0.429. The number of unbranched alkanes of at least 4 members (excludes halogenated alkanes) is 1. The van der Waals surface area contributed by atoms with Gasteiger partial charge < -0.3 is 9.47 Å². The lowest BCUT2D eigenvalue weighted by Crippen LogP contribution is -2.26. The lowest BCUT2D eigenvalue weighted by Gasteiger charge is -2.15. The number of ether oxygens (including phenoxy) is 2. The molecule has 0 spiro atoms. The number of hydrogen-bond acceptors (Lipinski definition) is 5. The van der Waals surface area contributed by atoms with Crippen LogP contribution >= 0.6 is 23.8 Å². The maximum Gasteiger partial charge on any atom is 0.347 e. The van der Waals surface area contributed by atoms with Crippen LogP contribution in [-0.4, -0.2) is 23.8 Å². The van der Waals surface area contributed by atoms with Crippen molar-refractivity contribution in [3.63, 3.8) is 0 Å². The van der Waals surface area contributed by atoms with Gasteiger partial charge in [0.15, 0.2) is 11.9 Å². The number of esters is 1. The molecule has 1 aromatic carbocycles. The molecule has 21 heavy (non-hydrogen) atoms. The van der Waals surface area contributed by atoms with E-state index in [0.29, 0.717) is 6.61 Å². The number of carbonyl (C=O) groups excluding carboxylic acids is 1. The summed E-state index contributed by atoms with van der Waals surface area (Å²) in [7, 11) is 0. The highest BCUT2D eigenvalue weighted by Crippen LogP contribution is 2.32. The molecule has 0 aliphatic heterocycles. The van der Waals surface area contributed by atoms with Gasteiger partial charge in [-0.05, 0) is 31.6 Å². The highest BCUT2D eigenvalue weighted by molar-refractivity contribution is 7.78. The molecule has 0 saturated carbocycles. The second-order valence-corrected chi connectivity index (χ2v) is 4.81. The third kappa shape index (κ3) is 5.42. The lowest BCUT2D eigenvalue weighted by molar-refractivity contribution is -0.151. The number of benzene rings is 1. The van der Waals surface area contributed by atoms with Crippen LogP contribution in [0.15, 0.2) is 17.1 Å². The van der Waals surface area contributed by atoms with Crippen LogP contribution in [-0.2, 0) is 9.53 Å². The van der Waals surface area contributed by atoms with Gasteiger partial charge in [0.25, 0.3) is 0 Å². The Morgan fingerprint density at radius 3 is 2.90 bits per heavy atom. The van der Waals surface area contributed by atoms with Gasteiger partial charge in [-0.1, -0.05) is 24.9 Å². The van der Waals surface area contributed by atoms with Gasteiger partial charge in [0.2, 0.25) is 0 Å². The van der Waals surface area contributed by atoms with Crippen molar-refractivity contribution >= 4 is 40.6 Å². The zero-order chi connectivity index (χ0) is 15.8. The Bertz CT molecular complexity index is 561. The van der Waals surface area contributed by atoms with Crippen LogP contribution < -0.4 is 4.74 Å². The van der Waals surface area contributed by atoms with Crippen LogP contribution in [0.25, 0.3) is 0 Å². The highest BCUT2D eigenvalue weighted by Gasteiger charge is 2.19. The van der Waals surface area contributed by atoms with Crippen molar-refractivity contribution in [2.45, 2.75) is 32.8 Å². The van der Waals surface area contributed by atoms with Crippen LogP contribution in [0.4, 0.5) is 10.1 Å². The Kier molecular flexibility index (Phi) is 7.29. The molecular formula is C14H15ClFNO3S. The summed E-state index contributed by atoms with van der Waals surface area (Å²) in [6, 6.07) is 2.30. The average molecular weight is 332 g/mol. The summed E-state index contributed by atoms with van der Waals surface area (Å²) in [6.45, 7) is 3.85. The smallest absolute Gasteiger partial charge is 0.347 e. The van der Waals surface area contributed by atoms with E-state index in [-0.39, 0.29) is 16.5 Å². The van der Waals surface area contributed by atoms with Gasteiger partial charge in [-0.3, -0.25) is 0 Å². The van der Waals surface area contributed by atoms with E-state index >= 15 is 0 Å². The van der Waals surface area contributed by atoms with E-state index in [1.54, 1.807) is 0 Å². The first-order chi connectivity index (χ1) is 9.99. The third-order valence-corrected chi connectivity index (χ3v) is 2.93. The molecular weight excluding hydrogens is 317 g/mol. The standard InChI is InChI=1S/C14H15ClFNO3S/c1-3-4-5-19-14(18)9(2)20-13-7-12(17-8-21)11(16)6-10(13)15/h6-7,9H,3-5H2,1-2H3. The predicted molar refractivity (Wildman–Crippen MR) is 82.1 cm³/mol. The molecule has 0 N–H and O–H groups in total. The normalized spacial score (nSPS) is 11.4. The first-order valence-corrected chi connectivity index (χ1v) is 7.18. The SMILES string of the molecule is CCCCOC(=O)C(C)Oc1cc(N=C=S)c(F)cc1Cl. The monoisotopic (exact) mass is 331 g/mol. The van der Waals surface area contributed by atoms with Crippen molar-refractivity contribution < 1.29 is 18.7 Å². The molecule has 0 heterocycles. The van der Waals surface area contributed by atoms with Crippen LogP contribution in [0.1, 0.15) is 26.7 Å². The van der Waals surface area contributed by atoms with E-state index in [0.717, 1.165) is 18.9 Å². The van der Waals surface area contributed by atoms with E-state index in [9.17, 15) is 9.18 Å². The Morgan fingerprint density at radius 1 is 1.57 bits per heavy atom. The van der Waals surface area contributed by atoms with Gasteiger partial charge in [-0.25, -0.2) is 9.18 Å². The van der Waals surface area contributed by atoms with E-state index in [1.807, 2.05) is 6.92 Å². The lowest BCUT2D eigenvalue weighted by atomic mass is 10.3. The van der Waals surface area contributed by atoms with Crippen LogP contribution in [0, 0.1) is 5.82 Å². The first kappa shape index (κ1) is 17.6. The minimum Gasteiger partial charge on any atom is -0.477 e. The number of rotatable bonds is 7. The summed E-state index contributed by atoms with van der Waals surface area (Å²) in [5, 5.41) is 2.09. The van der Waals surface area contributed by atoms with Crippen molar-refractivity contribution in [1.29, 1.82) is 0 Å². The Balaban J connectivity index is 2.79. The summed E-state index contributed by atoms with van der Waals surface area (Å²) in [5.74, 6) is -1.03. The van der Waals surface area contributed by atoms with Gasteiger partial charge in [0.05, 0.1) is 16.8 Å². The molecule has 1 rings (SSSR count). The van der Waals surface area contributed by atoms with Crippen LogP contribution in [0.5, 0.6) is 5.75 Å². The Hall–Kier alpha value is -1.49. The zero-order valence-corrected chi connectivity index (χ0v) is 13.3. The minimum absolute atomic E-state index is 0.0315. The second-order valence-electron chi connectivity index (χ2n) is 4.22. The fourth-order valence-corrected chi connectivity index (χ4v) is 1.71. The molecule has 114 valence electrons. The molecule has 0 aromatic heterocycles. The molecule has 4 nitrogen and oxygen atoms in total. The summed E-state index contributed by atoms with van der Waals surface area (Å²) in [6.07, 6.45) is 0.836. The number of nitrogens with zero attached hydrogens (tertiary/aromatic N) is 1. The number of hydrogen-bond donors (Lipinski definition) is 0. The largest absolute Gasteiger partial charge is 0.477 e. The number of carbonyl (C=O) groups is 1. The van der Waals surface area contributed by atoms with Crippen LogP contribution in [0.3, 0.4) is 0 Å². The number of halogens is 2. The van der Waals surface area contributed by atoms with Gasteiger partial charge in [-0.15, -0.1) is 0 Å². The maximum atomic E-state index is 13.5. The maximum absolute atomic E-state index is 13.5. The van der Waals surface area contributed by atoms with Crippen LogP contribution in [0.2, 0.25) is 5.02 Å². The summed E-state index contributed by atoms with van der Waals surface area (Å²) < 4.78 is 23.9. The van der Waals surface area contributed by atoms with Gasteiger partial charge in [0.1, 0.15) is 11.4 Å². The molecule has 1 unspecified atom stereocenters. The third-order valence-electron chi connectivity index (χ3n) is 2.55. The molecule has 1 atom stereocenters.